The number of benzene rings is 2. The average molecular weight is 363 g/mol. The van der Waals surface area contributed by atoms with Gasteiger partial charge in [-0.05, 0) is 43.7 Å². The highest BCUT2D eigenvalue weighted by molar-refractivity contribution is 5.97. The highest BCUT2D eigenvalue weighted by Gasteiger charge is 2.24. The molecule has 0 aliphatic carbocycles. The minimum Gasteiger partial charge on any atom is -0.443 e. The summed E-state index contributed by atoms with van der Waals surface area (Å²) in [6.45, 7) is 4.31. The van der Waals surface area contributed by atoms with Crippen molar-refractivity contribution >= 4 is 22.9 Å². The van der Waals surface area contributed by atoms with Crippen molar-refractivity contribution in [2.24, 2.45) is 0 Å². The summed E-state index contributed by atoms with van der Waals surface area (Å²) in [5.41, 5.74) is 3.68. The maximum atomic E-state index is 12.9. The molecule has 4 rings (SSSR count). The summed E-state index contributed by atoms with van der Waals surface area (Å²) in [4.78, 5) is 33.4. The Bertz CT molecular complexity index is 995. The Morgan fingerprint density at radius 3 is 2.33 bits per heavy atom. The van der Waals surface area contributed by atoms with Gasteiger partial charge in [0.15, 0.2) is 12.0 Å². The first-order valence-corrected chi connectivity index (χ1v) is 9.10. The van der Waals surface area contributed by atoms with Gasteiger partial charge in [0.05, 0.1) is 0 Å². The number of rotatable bonds is 2. The largest absolute Gasteiger partial charge is 0.443 e. The molecule has 2 amide bonds. The molecule has 0 radical (unpaired) electrons. The van der Waals surface area contributed by atoms with Gasteiger partial charge < -0.3 is 14.2 Å². The Kier molecular flexibility index (Phi) is 4.62. The van der Waals surface area contributed by atoms with Crippen LogP contribution < -0.4 is 0 Å². The molecular formula is C21H21N3O3. The second-order valence-electron chi connectivity index (χ2n) is 6.84. The van der Waals surface area contributed by atoms with Crippen molar-refractivity contribution in [1.82, 2.24) is 14.8 Å². The number of aromatic nitrogens is 1. The molecule has 1 fully saturated rings. The number of nitrogens with zero attached hydrogens (tertiary/aromatic N) is 3. The summed E-state index contributed by atoms with van der Waals surface area (Å²) < 4.78 is 5.29. The molecule has 1 saturated heterocycles. The second kappa shape index (κ2) is 7.23. The number of hydrogen-bond acceptors (Lipinski definition) is 4. The van der Waals surface area contributed by atoms with Crippen LogP contribution >= 0.6 is 0 Å². The zero-order valence-corrected chi connectivity index (χ0v) is 15.2. The quantitative estimate of drug-likeness (QED) is 0.702. The summed E-state index contributed by atoms with van der Waals surface area (Å²) in [6.07, 6.45) is 2.13. The van der Waals surface area contributed by atoms with E-state index in [1.165, 1.54) is 6.39 Å². The highest BCUT2D eigenvalue weighted by Crippen LogP contribution is 2.17. The standard InChI is InChI=1S/C21H21N3O3/c1-15-4-2-5-16(12-15)20(25)23-8-3-9-24(11-10-23)21(26)17-6-7-18-19(13-17)27-14-22-18/h2,4-7,12-14H,3,8-11H2,1H3. The number of oxazole rings is 1. The van der Waals surface area contributed by atoms with Gasteiger partial charge in [0, 0.05) is 37.3 Å². The van der Waals surface area contributed by atoms with E-state index in [0.717, 1.165) is 17.5 Å². The summed E-state index contributed by atoms with van der Waals surface area (Å²) in [5, 5.41) is 0. The van der Waals surface area contributed by atoms with Crippen molar-refractivity contribution in [3.05, 3.63) is 65.5 Å². The Labute approximate surface area is 157 Å². The molecule has 6 heteroatoms. The van der Waals surface area contributed by atoms with Crippen molar-refractivity contribution in [3.63, 3.8) is 0 Å². The third-order valence-corrected chi connectivity index (χ3v) is 4.91. The molecule has 2 aromatic carbocycles. The minimum atomic E-state index is -0.0434. The summed E-state index contributed by atoms with van der Waals surface area (Å²) >= 11 is 0. The summed E-state index contributed by atoms with van der Waals surface area (Å²) in [5.74, 6) is -0.0192. The van der Waals surface area contributed by atoms with Gasteiger partial charge in [-0.2, -0.15) is 0 Å². The van der Waals surface area contributed by atoms with Gasteiger partial charge in [-0.3, -0.25) is 9.59 Å². The molecule has 0 saturated carbocycles. The lowest BCUT2D eigenvalue weighted by Gasteiger charge is -2.22. The lowest BCUT2D eigenvalue weighted by atomic mass is 10.1. The van der Waals surface area contributed by atoms with E-state index in [4.69, 9.17) is 4.42 Å². The SMILES string of the molecule is Cc1cccc(C(=O)N2CCCN(C(=O)c3ccc4ncoc4c3)CC2)c1. The highest BCUT2D eigenvalue weighted by atomic mass is 16.3. The molecule has 1 aliphatic rings. The van der Waals surface area contributed by atoms with Gasteiger partial charge in [-0.25, -0.2) is 4.98 Å². The molecule has 27 heavy (non-hydrogen) atoms. The number of carbonyl (C=O) groups excluding carboxylic acids is 2. The second-order valence-corrected chi connectivity index (χ2v) is 6.84. The molecule has 0 bridgehead atoms. The molecule has 2 heterocycles. The average Bonchev–Trinajstić information content (AvgIpc) is 3.01. The van der Waals surface area contributed by atoms with Crippen LogP contribution in [0.25, 0.3) is 11.1 Å². The van der Waals surface area contributed by atoms with E-state index in [1.54, 1.807) is 23.1 Å². The fourth-order valence-corrected chi connectivity index (χ4v) is 3.46. The Balaban J connectivity index is 1.46. The lowest BCUT2D eigenvalue weighted by molar-refractivity contribution is 0.0719. The van der Waals surface area contributed by atoms with Crippen LogP contribution in [0.5, 0.6) is 0 Å². The Morgan fingerprint density at radius 1 is 0.926 bits per heavy atom. The van der Waals surface area contributed by atoms with Crippen LogP contribution in [0.1, 0.15) is 32.7 Å². The number of fused-ring (bicyclic) bond motifs is 1. The van der Waals surface area contributed by atoms with Crippen LogP contribution in [0.4, 0.5) is 0 Å². The van der Waals surface area contributed by atoms with E-state index in [0.29, 0.717) is 42.9 Å². The van der Waals surface area contributed by atoms with Crippen LogP contribution in [-0.4, -0.2) is 52.8 Å². The van der Waals surface area contributed by atoms with Crippen molar-refractivity contribution < 1.29 is 14.0 Å². The first kappa shape index (κ1) is 17.3. The van der Waals surface area contributed by atoms with Crippen molar-refractivity contribution in [1.29, 1.82) is 0 Å². The number of carbonyl (C=O) groups is 2. The van der Waals surface area contributed by atoms with E-state index >= 15 is 0 Å². The third kappa shape index (κ3) is 3.56. The van der Waals surface area contributed by atoms with Crippen LogP contribution in [0.2, 0.25) is 0 Å². The maximum absolute atomic E-state index is 12.9. The molecule has 0 N–H and O–H groups in total. The first-order valence-electron chi connectivity index (χ1n) is 9.10. The predicted octanol–water partition coefficient (Wildman–Crippen LogP) is 3.12. The third-order valence-electron chi connectivity index (χ3n) is 4.91. The van der Waals surface area contributed by atoms with Gasteiger partial charge in [-0.15, -0.1) is 0 Å². The van der Waals surface area contributed by atoms with Crippen LogP contribution in [0.15, 0.2) is 53.3 Å². The molecule has 1 aromatic heterocycles. The molecule has 0 unspecified atom stereocenters. The maximum Gasteiger partial charge on any atom is 0.254 e. The lowest BCUT2D eigenvalue weighted by Crippen LogP contribution is -2.37. The van der Waals surface area contributed by atoms with Crippen LogP contribution in [0, 0.1) is 6.92 Å². The summed E-state index contributed by atoms with van der Waals surface area (Å²) in [6, 6.07) is 12.9. The normalized spacial score (nSPS) is 15.0. The fourth-order valence-electron chi connectivity index (χ4n) is 3.46. The molecule has 3 aromatic rings. The van der Waals surface area contributed by atoms with Crippen molar-refractivity contribution in [2.45, 2.75) is 13.3 Å². The van der Waals surface area contributed by atoms with Gasteiger partial charge in [0.25, 0.3) is 11.8 Å². The number of amides is 2. The molecule has 0 atom stereocenters. The number of aryl methyl sites for hydroxylation is 1. The Morgan fingerprint density at radius 2 is 1.63 bits per heavy atom. The monoisotopic (exact) mass is 363 g/mol. The minimum absolute atomic E-state index is 0.0241. The topological polar surface area (TPSA) is 66.7 Å². The predicted molar refractivity (Wildman–Crippen MR) is 102 cm³/mol. The zero-order chi connectivity index (χ0) is 18.8. The molecule has 1 aliphatic heterocycles. The van der Waals surface area contributed by atoms with Gasteiger partial charge in [0.1, 0.15) is 5.52 Å². The van der Waals surface area contributed by atoms with Crippen molar-refractivity contribution in [2.75, 3.05) is 26.2 Å². The Hall–Kier alpha value is -3.15. The van der Waals surface area contributed by atoms with E-state index in [9.17, 15) is 9.59 Å². The van der Waals surface area contributed by atoms with Crippen LogP contribution in [-0.2, 0) is 0 Å². The molecule has 6 nitrogen and oxygen atoms in total. The zero-order valence-electron chi connectivity index (χ0n) is 15.2. The number of hydrogen-bond donors (Lipinski definition) is 0. The van der Waals surface area contributed by atoms with Crippen molar-refractivity contribution in [3.8, 4) is 0 Å². The first-order chi connectivity index (χ1) is 13.1. The fraction of sp³-hybridized carbons (Fsp3) is 0.286. The van der Waals surface area contributed by atoms with Crippen LogP contribution in [0.3, 0.4) is 0 Å². The molecular weight excluding hydrogens is 342 g/mol. The molecule has 0 spiro atoms. The van der Waals surface area contributed by atoms with Gasteiger partial charge in [0.2, 0.25) is 0 Å². The smallest absolute Gasteiger partial charge is 0.254 e. The van der Waals surface area contributed by atoms with E-state index in [1.807, 2.05) is 36.1 Å². The van der Waals surface area contributed by atoms with Gasteiger partial charge in [-0.1, -0.05) is 17.7 Å². The summed E-state index contributed by atoms with van der Waals surface area (Å²) in [7, 11) is 0. The van der Waals surface area contributed by atoms with E-state index in [2.05, 4.69) is 4.98 Å². The van der Waals surface area contributed by atoms with Gasteiger partial charge >= 0.3 is 0 Å². The molecule has 138 valence electrons. The van der Waals surface area contributed by atoms with E-state index < -0.39 is 0 Å². The van der Waals surface area contributed by atoms with E-state index in [-0.39, 0.29) is 11.8 Å².